The van der Waals surface area contributed by atoms with Gasteiger partial charge in [-0.3, -0.25) is 4.90 Å². The topological polar surface area (TPSA) is 23.5 Å². The van der Waals surface area contributed by atoms with Gasteiger partial charge in [0, 0.05) is 12.1 Å². The molecule has 1 aliphatic rings. The summed E-state index contributed by atoms with van der Waals surface area (Å²) in [6, 6.07) is 14.6. The van der Waals surface area contributed by atoms with Crippen LogP contribution in [0.3, 0.4) is 0 Å². The summed E-state index contributed by atoms with van der Waals surface area (Å²) in [5.74, 6) is 0. The highest BCUT2D eigenvalue weighted by Gasteiger charge is 2.32. The molecule has 0 radical (unpaired) electrons. The van der Waals surface area contributed by atoms with E-state index in [0.29, 0.717) is 0 Å². The summed E-state index contributed by atoms with van der Waals surface area (Å²) >= 11 is 0. The van der Waals surface area contributed by atoms with Crippen LogP contribution < -0.4 is 0 Å². The standard InChI is InChI=1S/C18H23NO/c1-18(2)10-5-11-19(18)13-17(20)16-9-8-14-6-3-4-7-15(14)12-16/h3-4,6-9,12,17,20H,5,10-11,13H2,1-2H3. The molecule has 2 aromatic rings. The van der Waals surface area contributed by atoms with Crippen LogP contribution in [0.2, 0.25) is 0 Å². The first-order valence-corrected chi connectivity index (χ1v) is 7.48. The van der Waals surface area contributed by atoms with E-state index >= 15 is 0 Å². The number of aliphatic hydroxyl groups excluding tert-OH is 1. The van der Waals surface area contributed by atoms with Crippen LogP contribution in [-0.2, 0) is 0 Å². The summed E-state index contributed by atoms with van der Waals surface area (Å²) in [5, 5.41) is 13.0. The van der Waals surface area contributed by atoms with Crippen molar-refractivity contribution in [1.29, 1.82) is 0 Å². The Morgan fingerprint density at radius 1 is 1.15 bits per heavy atom. The van der Waals surface area contributed by atoms with Gasteiger partial charge < -0.3 is 5.11 Å². The molecule has 1 saturated heterocycles. The maximum atomic E-state index is 10.5. The van der Waals surface area contributed by atoms with Crippen molar-refractivity contribution in [3.63, 3.8) is 0 Å². The first-order chi connectivity index (χ1) is 9.56. The number of β-amino-alcohol motifs (C(OH)–C–C–N with tert-alkyl or cyclic N) is 1. The highest BCUT2D eigenvalue weighted by molar-refractivity contribution is 5.83. The second-order valence-corrected chi connectivity index (χ2v) is 6.48. The summed E-state index contributed by atoms with van der Waals surface area (Å²) in [6.45, 7) is 6.36. The number of benzene rings is 2. The molecule has 1 heterocycles. The number of hydrogen-bond donors (Lipinski definition) is 1. The van der Waals surface area contributed by atoms with Gasteiger partial charge in [0.25, 0.3) is 0 Å². The Kier molecular flexibility index (Phi) is 3.53. The van der Waals surface area contributed by atoms with Crippen LogP contribution in [0.5, 0.6) is 0 Å². The van der Waals surface area contributed by atoms with Crippen LogP contribution in [0.1, 0.15) is 38.4 Å². The minimum absolute atomic E-state index is 0.220. The van der Waals surface area contributed by atoms with Crippen LogP contribution in [0, 0.1) is 0 Å². The summed E-state index contributed by atoms with van der Waals surface area (Å²) in [5.41, 5.74) is 1.24. The first kappa shape index (κ1) is 13.6. The maximum Gasteiger partial charge on any atom is 0.0917 e. The van der Waals surface area contributed by atoms with Gasteiger partial charge in [0.2, 0.25) is 0 Å². The SMILES string of the molecule is CC1(C)CCCN1CC(O)c1ccc2ccccc2c1. The molecule has 0 saturated carbocycles. The molecule has 1 N–H and O–H groups in total. The molecule has 0 bridgehead atoms. The van der Waals surface area contributed by atoms with E-state index < -0.39 is 6.10 Å². The van der Waals surface area contributed by atoms with Gasteiger partial charge >= 0.3 is 0 Å². The number of hydrogen-bond acceptors (Lipinski definition) is 2. The fourth-order valence-corrected chi connectivity index (χ4v) is 3.23. The lowest BCUT2D eigenvalue weighted by Gasteiger charge is -2.33. The summed E-state index contributed by atoms with van der Waals surface area (Å²) in [4.78, 5) is 2.41. The van der Waals surface area contributed by atoms with E-state index in [4.69, 9.17) is 0 Å². The lowest BCUT2D eigenvalue weighted by atomic mass is 10.00. The highest BCUT2D eigenvalue weighted by atomic mass is 16.3. The predicted octanol–water partition coefficient (Wildman–Crippen LogP) is 3.75. The van der Waals surface area contributed by atoms with Gasteiger partial charge in [-0.05, 0) is 55.6 Å². The summed E-state index contributed by atoms with van der Waals surface area (Å²) in [7, 11) is 0. The highest BCUT2D eigenvalue weighted by Crippen LogP contribution is 2.30. The van der Waals surface area contributed by atoms with Crippen LogP contribution in [0.25, 0.3) is 10.8 Å². The molecular formula is C18H23NO. The van der Waals surface area contributed by atoms with Gasteiger partial charge in [-0.15, -0.1) is 0 Å². The van der Waals surface area contributed by atoms with Gasteiger partial charge in [-0.2, -0.15) is 0 Å². The lowest BCUT2D eigenvalue weighted by Crippen LogP contribution is -2.40. The van der Waals surface area contributed by atoms with Crippen molar-refractivity contribution in [2.24, 2.45) is 0 Å². The summed E-state index contributed by atoms with van der Waals surface area (Å²) < 4.78 is 0. The third-order valence-electron chi connectivity index (χ3n) is 4.62. The zero-order valence-corrected chi connectivity index (χ0v) is 12.3. The van der Waals surface area contributed by atoms with E-state index in [1.807, 2.05) is 12.1 Å². The maximum absolute atomic E-state index is 10.5. The molecule has 3 rings (SSSR count). The Morgan fingerprint density at radius 3 is 2.60 bits per heavy atom. The van der Waals surface area contributed by atoms with Gasteiger partial charge in [-0.1, -0.05) is 36.4 Å². The number of likely N-dealkylation sites (tertiary alicyclic amines) is 1. The molecule has 1 aliphatic heterocycles. The largest absolute Gasteiger partial charge is 0.387 e. The third kappa shape index (κ3) is 2.58. The monoisotopic (exact) mass is 269 g/mol. The van der Waals surface area contributed by atoms with Gasteiger partial charge in [0.15, 0.2) is 0 Å². The third-order valence-corrected chi connectivity index (χ3v) is 4.62. The molecule has 1 unspecified atom stereocenters. The molecule has 1 atom stereocenters. The second-order valence-electron chi connectivity index (χ2n) is 6.48. The Labute approximate surface area is 121 Å². The average molecular weight is 269 g/mol. The molecule has 20 heavy (non-hydrogen) atoms. The molecule has 0 amide bonds. The molecule has 2 aromatic carbocycles. The van der Waals surface area contributed by atoms with Crippen LogP contribution in [0.15, 0.2) is 42.5 Å². The van der Waals surface area contributed by atoms with E-state index in [1.165, 1.54) is 23.6 Å². The van der Waals surface area contributed by atoms with Gasteiger partial charge in [0.1, 0.15) is 0 Å². The molecule has 0 aromatic heterocycles. The first-order valence-electron chi connectivity index (χ1n) is 7.48. The van der Waals surface area contributed by atoms with Crippen LogP contribution >= 0.6 is 0 Å². The zero-order valence-electron chi connectivity index (χ0n) is 12.3. The minimum Gasteiger partial charge on any atom is -0.387 e. The smallest absolute Gasteiger partial charge is 0.0917 e. The second kappa shape index (κ2) is 5.19. The number of nitrogens with zero attached hydrogens (tertiary/aromatic N) is 1. The molecule has 1 fully saturated rings. The summed E-state index contributed by atoms with van der Waals surface area (Å²) in [6.07, 6.45) is 2.05. The molecule has 2 heteroatoms. The van der Waals surface area contributed by atoms with Gasteiger partial charge in [-0.25, -0.2) is 0 Å². The Morgan fingerprint density at radius 2 is 1.90 bits per heavy atom. The Bertz CT molecular complexity index is 605. The molecule has 2 nitrogen and oxygen atoms in total. The van der Waals surface area contributed by atoms with E-state index in [1.54, 1.807) is 0 Å². The lowest BCUT2D eigenvalue weighted by molar-refractivity contribution is 0.0779. The predicted molar refractivity (Wildman–Crippen MR) is 83.8 cm³/mol. The fraction of sp³-hybridized carbons (Fsp3) is 0.444. The van der Waals surface area contributed by atoms with Crippen molar-refractivity contribution >= 4 is 10.8 Å². The molecule has 0 aliphatic carbocycles. The Hall–Kier alpha value is -1.38. The van der Waals surface area contributed by atoms with Crippen molar-refractivity contribution in [3.05, 3.63) is 48.0 Å². The van der Waals surface area contributed by atoms with Crippen molar-refractivity contribution in [1.82, 2.24) is 4.90 Å². The van der Waals surface area contributed by atoms with Gasteiger partial charge in [0.05, 0.1) is 6.10 Å². The van der Waals surface area contributed by atoms with E-state index in [2.05, 4.69) is 49.1 Å². The normalized spacial score (nSPS) is 20.4. The van der Waals surface area contributed by atoms with E-state index in [0.717, 1.165) is 18.7 Å². The average Bonchev–Trinajstić information content (AvgIpc) is 2.77. The van der Waals surface area contributed by atoms with E-state index in [9.17, 15) is 5.11 Å². The fourth-order valence-electron chi connectivity index (χ4n) is 3.23. The molecular weight excluding hydrogens is 246 g/mol. The van der Waals surface area contributed by atoms with Crippen molar-refractivity contribution < 1.29 is 5.11 Å². The van der Waals surface area contributed by atoms with Crippen molar-refractivity contribution in [3.8, 4) is 0 Å². The van der Waals surface area contributed by atoms with Crippen molar-refractivity contribution in [2.75, 3.05) is 13.1 Å². The zero-order chi connectivity index (χ0) is 14.2. The number of rotatable bonds is 3. The minimum atomic E-state index is -0.406. The van der Waals surface area contributed by atoms with Crippen LogP contribution in [0.4, 0.5) is 0 Å². The molecule has 106 valence electrons. The number of aliphatic hydroxyl groups is 1. The quantitative estimate of drug-likeness (QED) is 0.917. The van der Waals surface area contributed by atoms with Crippen LogP contribution in [-0.4, -0.2) is 28.6 Å². The van der Waals surface area contributed by atoms with E-state index in [-0.39, 0.29) is 5.54 Å². The Balaban J connectivity index is 1.80. The molecule has 0 spiro atoms. The number of fused-ring (bicyclic) bond motifs is 1. The van der Waals surface area contributed by atoms with Crippen molar-refractivity contribution in [2.45, 2.75) is 38.3 Å².